The third-order valence-electron chi connectivity index (χ3n) is 10.9. The summed E-state index contributed by atoms with van der Waals surface area (Å²) in [7, 11) is 0. The molecule has 0 unspecified atom stereocenters. The molecule has 0 N–H and O–H groups in total. The van der Waals surface area contributed by atoms with E-state index in [0.717, 1.165) is 28.2 Å². The second-order valence-electron chi connectivity index (χ2n) is 13.5. The topological polar surface area (TPSA) is 22.8 Å². The van der Waals surface area contributed by atoms with Gasteiger partial charge in [0, 0.05) is 53.0 Å². The van der Waals surface area contributed by atoms with E-state index in [9.17, 15) is 0 Å². The van der Waals surface area contributed by atoms with Crippen molar-refractivity contribution in [1.82, 2.24) is 14.1 Å². The van der Waals surface area contributed by atoms with Crippen molar-refractivity contribution in [1.29, 1.82) is 0 Å². The molecule has 0 aliphatic carbocycles. The first-order valence-electron chi connectivity index (χ1n) is 17.4. The minimum Gasteiger partial charge on any atom is -0.309 e. The summed E-state index contributed by atoms with van der Waals surface area (Å²) in [5.74, 6) is 0.918. The number of para-hydroxylation sites is 3. The monoisotopic (exact) mass is 665 g/mol. The number of hydrogen-bond donors (Lipinski definition) is 0. The number of fused-ring (bicyclic) bond motifs is 9. The van der Waals surface area contributed by atoms with E-state index < -0.39 is 0 Å². The van der Waals surface area contributed by atoms with Crippen molar-refractivity contribution in [2.45, 2.75) is 0 Å². The Kier molecular flexibility index (Phi) is 5.38. The molecule has 0 saturated heterocycles. The number of rotatable bonds is 3. The highest BCUT2D eigenvalue weighted by atomic mass is 32.1. The van der Waals surface area contributed by atoms with Gasteiger partial charge in [0.2, 0.25) is 0 Å². The maximum atomic E-state index is 5.48. The summed E-state index contributed by atoms with van der Waals surface area (Å²) in [6, 6.07) is 59.6. The van der Waals surface area contributed by atoms with Crippen LogP contribution in [0.15, 0.2) is 164 Å². The zero-order chi connectivity index (χ0) is 33.2. The van der Waals surface area contributed by atoms with Crippen molar-refractivity contribution in [3.63, 3.8) is 0 Å². The SMILES string of the molecule is c1ccc(-n2c3ccccc3c3cc4c(cc32)c2ccccc2n4-c2cccc(-c3ccc4c5ccccc5c5cccc6sc3c4c65)n2)cc1. The summed E-state index contributed by atoms with van der Waals surface area (Å²) in [5, 5.41) is 12.9. The first-order chi connectivity index (χ1) is 25.3. The van der Waals surface area contributed by atoms with Crippen LogP contribution in [-0.4, -0.2) is 14.1 Å². The van der Waals surface area contributed by atoms with Crippen LogP contribution in [0.5, 0.6) is 0 Å². The highest BCUT2D eigenvalue weighted by Gasteiger charge is 2.21. The van der Waals surface area contributed by atoms with Crippen molar-refractivity contribution in [3.05, 3.63) is 164 Å². The van der Waals surface area contributed by atoms with Crippen molar-refractivity contribution in [2.24, 2.45) is 0 Å². The number of benzene rings is 8. The first kappa shape index (κ1) is 27.3. The lowest BCUT2D eigenvalue weighted by atomic mass is 9.93. The van der Waals surface area contributed by atoms with Crippen molar-refractivity contribution in [2.75, 3.05) is 0 Å². The fourth-order valence-corrected chi connectivity index (χ4v) is 10.0. The highest BCUT2D eigenvalue weighted by Crippen LogP contribution is 2.48. The molecular weight excluding hydrogens is 639 g/mol. The van der Waals surface area contributed by atoms with Gasteiger partial charge in [0.25, 0.3) is 0 Å². The lowest BCUT2D eigenvalue weighted by Crippen LogP contribution is -1.98. The van der Waals surface area contributed by atoms with Crippen LogP contribution >= 0.6 is 11.3 Å². The van der Waals surface area contributed by atoms with Gasteiger partial charge < -0.3 is 4.57 Å². The van der Waals surface area contributed by atoms with Gasteiger partial charge in [-0.15, -0.1) is 11.3 Å². The minimum atomic E-state index is 0.918. The lowest BCUT2D eigenvalue weighted by Gasteiger charge is -2.12. The Hall–Kier alpha value is -6.49. The number of aromatic nitrogens is 3. The van der Waals surface area contributed by atoms with Crippen molar-refractivity contribution < 1.29 is 0 Å². The standard InChI is InChI=1S/C47H27N3S/c1-2-12-28(13-3-1)49-39-20-8-6-16-31(39)36-27-42-37(26-41(36)49)32-17-7-9-21-40(32)50(42)44-23-11-19-38(48-44)35-25-24-34-30-15-5-4-14-29(30)33-18-10-22-43-45(33)46(34)47(35)51-43/h1-27H. The molecule has 4 heteroatoms. The van der Waals surface area contributed by atoms with E-state index in [-0.39, 0.29) is 0 Å². The van der Waals surface area contributed by atoms with Crippen LogP contribution < -0.4 is 0 Å². The number of hydrogen-bond acceptors (Lipinski definition) is 2. The molecule has 0 amide bonds. The fraction of sp³-hybridized carbons (Fsp3) is 0. The average Bonchev–Trinajstić information content (AvgIpc) is 3.85. The van der Waals surface area contributed by atoms with Crippen LogP contribution in [0, 0.1) is 0 Å². The Bertz CT molecular complexity index is 3360. The maximum absolute atomic E-state index is 5.48. The molecule has 236 valence electrons. The molecule has 4 heterocycles. The lowest BCUT2D eigenvalue weighted by molar-refractivity contribution is 1.08. The summed E-state index contributed by atoms with van der Waals surface area (Å²) in [5.41, 5.74) is 8.04. The predicted molar refractivity (Wildman–Crippen MR) is 217 cm³/mol. The Morgan fingerprint density at radius 2 is 0.980 bits per heavy atom. The number of pyridine rings is 1. The molecule has 51 heavy (non-hydrogen) atoms. The quantitative estimate of drug-likeness (QED) is 0.172. The van der Waals surface area contributed by atoms with Gasteiger partial charge in [0.15, 0.2) is 0 Å². The Balaban J connectivity index is 1.13. The van der Waals surface area contributed by atoms with E-state index in [0.29, 0.717) is 0 Å². The molecule has 0 spiro atoms. The molecule has 4 aromatic heterocycles. The summed E-state index contributed by atoms with van der Waals surface area (Å²) < 4.78 is 7.37. The zero-order valence-electron chi connectivity index (χ0n) is 27.3. The zero-order valence-corrected chi connectivity index (χ0v) is 28.2. The van der Waals surface area contributed by atoms with E-state index in [1.54, 1.807) is 0 Å². The van der Waals surface area contributed by atoms with Crippen LogP contribution in [-0.2, 0) is 0 Å². The largest absolute Gasteiger partial charge is 0.309 e. The van der Waals surface area contributed by atoms with Gasteiger partial charge in [-0.2, -0.15) is 0 Å². The van der Waals surface area contributed by atoms with Crippen LogP contribution in [0.3, 0.4) is 0 Å². The van der Waals surface area contributed by atoms with E-state index in [4.69, 9.17) is 4.98 Å². The normalized spacial score (nSPS) is 12.3. The molecule has 0 bridgehead atoms. The van der Waals surface area contributed by atoms with E-state index in [1.807, 2.05) is 11.3 Å². The molecule has 3 nitrogen and oxygen atoms in total. The minimum absolute atomic E-state index is 0.918. The fourth-order valence-electron chi connectivity index (χ4n) is 8.75. The van der Waals surface area contributed by atoms with Gasteiger partial charge in [-0.1, -0.05) is 109 Å². The van der Waals surface area contributed by atoms with Gasteiger partial charge >= 0.3 is 0 Å². The van der Waals surface area contributed by atoms with Gasteiger partial charge in [0.05, 0.1) is 27.8 Å². The number of thiophene rings is 1. The third kappa shape index (κ3) is 3.64. The van der Waals surface area contributed by atoms with Gasteiger partial charge in [-0.05, 0) is 76.1 Å². The van der Waals surface area contributed by atoms with Crippen molar-refractivity contribution >= 4 is 96.7 Å². The summed E-state index contributed by atoms with van der Waals surface area (Å²) in [6.07, 6.45) is 0. The van der Waals surface area contributed by atoms with Gasteiger partial charge in [-0.25, -0.2) is 4.98 Å². The maximum Gasteiger partial charge on any atom is 0.138 e. The second-order valence-corrected chi connectivity index (χ2v) is 14.6. The average molecular weight is 666 g/mol. The third-order valence-corrected chi connectivity index (χ3v) is 12.1. The first-order valence-corrected chi connectivity index (χ1v) is 18.2. The molecule has 12 aromatic rings. The Morgan fingerprint density at radius 3 is 1.73 bits per heavy atom. The van der Waals surface area contributed by atoms with Crippen LogP contribution in [0.4, 0.5) is 0 Å². The molecule has 0 atom stereocenters. The second kappa shape index (κ2) is 10.0. The number of nitrogens with zero attached hydrogens (tertiary/aromatic N) is 3. The molecule has 0 saturated carbocycles. The van der Waals surface area contributed by atoms with E-state index in [2.05, 4.69) is 173 Å². The Labute approximate surface area is 296 Å². The molecule has 8 aromatic carbocycles. The molecule has 0 fully saturated rings. The summed E-state index contributed by atoms with van der Waals surface area (Å²) >= 11 is 1.88. The molecule has 0 aliphatic heterocycles. The summed E-state index contributed by atoms with van der Waals surface area (Å²) in [4.78, 5) is 5.48. The van der Waals surface area contributed by atoms with Crippen LogP contribution in [0.1, 0.15) is 0 Å². The molecular formula is C47H27N3S. The van der Waals surface area contributed by atoms with Crippen LogP contribution in [0.25, 0.3) is 108 Å². The van der Waals surface area contributed by atoms with E-state index in [1.165, 1.54) is 79.9 Å². The molecule has 0 aliphatic rings. The Morgan fingerprint density at radius 1 is 0.392 bits per heavy atom. The van der Waals surface area contributed by atoms with Crippen LogP contribution in [0.2, 0.25) is 0 Å². The summed E-state index contributed by atoms with van der Waals surface area (Å²) in [6.45, 7) is 0. The van der Waals surface area contributed by atoms with E-state index >= 15 is 0 Å². The van der Waals surface area contributed by atoms with Crippen molar-refractivity contribution in [3.8, 4) is 22.8 Å². The predicted octanol–water partition coefficient (Wildman–Crippen LogP) is 13.1. The van der Waals surface area contributed by atoms with Gasteiger partial charge in [-0.3, -0.25) is 4.57 Å². The highest BCUT2D eigenvalue weighted by molar-refractivity contribution is 7.26. The molecule has 12 rings (SSSR count). The van der Waals surface area contributed by atoms with Gasteiger partial charge in [0.1, 0.15) is 5.82 Å². The smallest absolute Gasteiger partial charge is 0.138 e. The molecule has 0 radical (unpaired) electrons.